The molecule has 2 N–H and O–H groups in total. The van der Waals surface area contributed by atoms with E-state index in [1.54, 1.807) is 10.7 Å². The first-order valence-electron chi connectivity index (χ1n) is 5.30. The monoisotopic (exact) mass is 220 g/mol. The van der Waals surface area contributed by atoms with Crippen LogP contribution < -0.4 is 5.32 Å². The Kier molecular flexibility index (Phi) is 2.78. The lowest BCUT2D eigenvalue weighted by Crippen LogP contribution is -2.32. The summed E-state index contributed by atoms with van der Waals surface area (Å²) in [5.74, 6) is 0.798. The van der Waals surface area contributed by atoms with Crippen LogP contribution in [0.5, 0.6) is 0 Å². The molecule has 0 amide bonds. The number of nitrogens with zero attached hydrogens (tertiary/aromatic N) is 3. The van der Waals surface area contributed by atoms with Gasteiger partial charge in [-0.05, 0) is 26.3 Å². The van der Waals surface area contributed by atoms with Gasteiger partial charge in [0.2, 0.25) is 0 Å². The number of rotatable bonds is 4. The molecule has 0 aromatic carbocycles. The van der Waals surface area contributed by atoms with E-state index in [4.69, 9.17) is 5.11 Å². The third-order valence-corrected chi connectivity index (χ3v) is 2.46. The molecule has 0 atom stereocenters. The lowest BCUT2D eigenvalue weighted by atomic mass is 10.0. The highest BCUT2D eigenvalue weighted by molar-refractivity contribution is 5.46. The van der Waals surface area contributed by atoms with Crippen LogP contribution in [0.4, 0.5) is 5.82 Å². The second-order valence-electron chi connectivity index (χ2n) is 4.43. The predicted molar refractivity (Wildman–Crippen MR) is 62.4 cm³/mol. The standard InChI is InChI=1S/C11H16N4O/c1-11(2,5-8-16)14-9-4-7-15-10(13-9)3-6-12-15/h3-4,6-7,16H,5,8H2,1-2H3,(H,13,14). The number of hydrogen-bond donors (Lipinski definition) is 2. The summed E-state index contributed by atoms with van der Waals surface area (Å²) in [5, 5.41) is 16.3. The summed E-state index contributed by atoms with van der Waals surface area (Å²) in [6.07, 6.45) is 4.25. The van der Waals surface area contributed by atoms with Crippen LogP contribution in [0, 0.1) is 0 Å². The van der Waals surface area contributed by atoms with Gasteiger partial charge in [-0.15, -0.1) is 0 Å². The zero-order valence-electron chi connectivity index (χ0n) is 9.51. The van der Waals surface area contributed by atoms with Crippen molar-refractivity contribution in [2.75, 3.05) is 11.9 Å². The minimum absolute atomic E-state index is 0.162. The van der Waals surface area contributed by atoms with Crippen LogP contribution in [0.15, 0.2) is 24.5 Å². The summed E-state index contributed by atoms with van der Waals surface area (Å²) in [6, 6.07) is 3.73. The van der Waals surface area contributed by atoms with Crippen LogP contribution >= 0.6 is 0 Å². The molecular weight excluding hydrogens is 204 g/mol. The summed E-state index contributed by atoms with van der Waals surface area (Å²) in [5.41, 5.74) is 0.643. The number of anilines is 1. The first-order valence-corrected chi connectivity index (χ1v) is 5.30. The maximum absolute atomic E-state index is 8.94. The van der Waals surface area contributed by atoms with E-state index in [0.717, 1.165) is 11.5 Å². The Morgan fingerprint density at radius 2 is 2.25 bits per heavy atom. The Morgan fingerprint density at radius 3 is 3.00 bits per heavy atom. The number of aliphatic hydroxyl groups excluding tert-OH is 1. The van der Waals surface area contributed by atoms with E-state index in [0.29, 0.717) is 6.42 Å². The first kappa shape index (κ1) is 10.9. The van der Waals surface area contributed by atoms with Crippen LogP contribution in [-0.2, 0) is 0 Å². The summed E-state index contributed by atoms with van der Waals surface area (Å²) >= 11 is 0. The molecule has 0 spiro atoms. The molecule has 2 aromatic heterocycles. The summed E-state index contributed by atoms with van der Waals surface area (Å²) in [4.78, 5) is 4.41. The second kappa shape index (κ2) is 4.09. The molecule has 5 heteroatoms. The van der Waals surface area contributed by atoms with Crippen molar-refractivity contribution in [2.24, 2.45) is 0 Å². The van der Waals surface area contributed by atoms with Gasteiger partial charge in [0.25, 0.3) is 0 Å². The summed E-state index contributed by atoms with van der Waals surface area (Å²) in [6.45, 7) is 4.23. The molecule has 0 saturated carbocycles. The Bertz CT molecular complexity index is 478. The van der Waals surface area contributed by atoms with E-state index in [2.05, 4.69) is 15.4 Å². The third-order valence-electron chi connectivity index (χ3n) is 2.46. The minimum Gasteiger partial charge on any atom is -0.396 e. The van der Waals surface area contributed by atoms with E-state index in [1.807, 2.05) is 32.2 Å². The van der Waals surface area contributed by atoms with Crippen LogP contribution in [0.25, 0.3) is 5.65 Å². The predicted octanol–water partition coefficient (Wildman–Crippen LogP) is 1.30. The number of fused-ring (bicyclic) bond motifs is 1. The average molecular weight is 220 g/mol. The van der Waals surface area contributed by atoms with Crippen molar-refractivity contribution in [1.82, 2.24) is 14.6 Å². The number of aliphatic hydroxyl groups is 1. The Hall–Kier alpha value is -1.62. The molecule has 0 saturated heterocycles. The molecule has 0 bridgehead atoms. The average Bonchev–Trinajstić information content (AvgIpc) is 2.63. The molecule has 0 aliphatic rings. The van der Waals surface area contributed by atoms with E-state index in [1.165, 1.54) is 0 Å². The molecular formula is C11H16N4O. The zero-order chi connectivity index (χ0) is 11.6. The fourth-order valence-electron chi connectivity index (χ4n) is 1.57. The number of hydrogen-bond acceptors (Lipinski definition) is 4. The molecule has 0 aliphatic carbocycles. The van der Waals surface area contributed by atoms with Crippen LogP contribution in [0.1, 0.15) is 20.3 Å². The van der Waals surface area contributed by atoms with Gasteiger partial charge in [-0.25, -0.2) is 9.50 Å². The molecule has 2 heterocycles. The summed E-state index contributed by atoms with van der Waals surface area (Å²) < 4.78 is 1.71. The van der Waals surface area contributed by atoms with Crippen LogP contribution in [-0.4, -0.2) is 31.9 Å². The molecule has 0 aliphatic heterocycles. The molecule has 0 fully saturated rings. The molecule has 86 valence electrons. The molecule has 0 radical (unpaired) electrons. The van der Waals surface area contributed by atoms with Gasteiger partial charge < -0.3 is 10.4 Å². The van der Waals surface area contributed by atoms with E-state index in [9.17, 15) is 0 Å². The topological polar surface area (TPSA) is 62.5 Å². The van der Waals surface area contributed by atoms with Gasteiger partial charge in [0.05, 0.1) is 6.20 Å². The first-order chi connectivity index (χ1) is 7.61. The highest BCUT2D eigenvalue weighted by Gasteiger charge is 2.17. The van der Waals surface area contributed by atoms with Crippen molar-refractivity contribution < 1.29 is 5.11 Å². The third kappa shape index (κ3) is 2.30. The second-order valence-corrected chi connectivity index (χ2v) is 4.43. The largest absolute Gasteiger partial charge is 0.396 e. The lowest BCUT2D eigenvalue weighted by Gasteiger charge is -2.25. The van der Waals surface area contributed by atoms with Crippen molar-refractivity contribution in [3.8, 4) is 0 Å². The Balaban J connectivity index is 2.20. The number of nitrogens with one attached hydrogen (secondary N) is 1. The maximum atomic E-state index is 8.94. The van der Waals surface area contributed by atoms with Crippen molar-refractivity contribution in [2.45, 2.75) is 25.8 Å². The normalized spacial score (nSPS) is 11.9. The SMILES string of the molecule is CC(C)(CCO)Nc1ccn2nccc2n1. The van der Waals surface area contributed by atoms with Gasteiger partial charge >= 0.3 is 0 Å². The molecule has 16 heavy (non-hydrogen) atoms. The number of aromatic nitrogens is 3. The quantitative estimate of drug-likeness (QED) is 0.815. The van der Waals surface area contributed by atoms with Gasteiger partial charge in [0.15, 0.2) is 5.65 Å². The fourth-order valence-corrected chi connectivity index (χ4v) is 1.57. The van der Waals surface area contributed by atoms with Gasteiger partial charge in [-0.1, -0.05) is 0 Å². The Morgan fingerprint density at radius 1 is 1.44 bits per heavy atom. The molecule has 2 rings (SSSR count). The van der Waals surface area contributed by atoms with E-state index < -0.39 is 0 Å². The molecule has 2 aromatic rings. The highest BCUT2D eigenvalue weighted by Crippen LogP contribution is 2.16. The van der Waals surface area contributed by atoms with Crippen molar-refractivity contribution in [1.29, 1.82) is 0 Å². The van der Waals surface area contributed by atoms with Gasteiger partial charge in [-0.3, -0.25) is 0 Å². The minimum atomic E-state index is -0.167. The van der Waals surface area contributed by atoms with E-state index >= 15 is 0 Å². The van der Waals surface area contributed by atoms with Crippen LogP contribution in [0.3, 0.4) is 0 Å². The van der Waals surface area contributed by atoms with Gasteiger partial charge in [0.1, 0.15) is 5.82 Å². The van der Waals surface area contributed by atoms with E-state index in [-0.39, 0.29) is 12.1 Å². The van der Waals surface area contributed by atoms with Gasteiger partial charge in [-0.2, -0.15) is 5.10 Å². The van der Waals surface area contributed by atoms with Crippen molar-refractivity contribution >= 4 is 11.5 Å². The maximum Gasteiger partial charge on any atom is 0.157 e. The van der Waals surface area contributed by atoms with Crippen molar-refractivity contribution in [3.05, 3.63) is 24.5 Å². The van der Waals surface area contributed by atoms with Crippen LogP contribution in [0.2, 0.25) is 0 Å². The fraction of sp³-hybridized carbons (Fsp3) is 0.455. The smallest absolute Gasteiger partial charge is 0.157 e. The molecule has 0 unspecified atom stereocenters. The molecule has 5 nitrogen and oxygen atoms in total. The van der Waals surface area contributed by atoms with Gasteiger partial charge in [0, 0.05) is 24.4 Å². The zero-order valence-corrected chi connectivity index (χ0v) is 9.51. The summed E-state index contributed by atoms with van der Waals surface area (Å²) in [7, 11) is 0. The van der Waals surface area contributed by atoms with Crippen molar-refractivity contribution in [3.63, 3.8) is 0 Å². The highest BCUT2D eigenvalue weighted by atomic mass is 16.3. The lowest BCUT2D eigenvalue weighted by molar-refractivity contribution is 0.260. The Labute approximate surface area is 94.1 Å².